The first-order chi connectivity index (χ1) is 13.8. The molecule has 0 atom stereocenters. The van der Waals surface area contributed by atoms with Crippen molar-refractivity contribution in [3.05, 3.63) is 112 Å². The van der Waals surface area contributed by atoms with E-state index in [1.165, 1.54) is 11.1 Å². The van der Waals surface area contributed by atoms with Crippen LogP contribution in [0.2, 0.25) is 0 Å². The predicted octanol–water partition coefficient (Wildman–Crippen LogP) is 6.03. The molecule has 0 spiro atoms. The van der Waals surface area contributed by atoms with Gasteiger partial charge in [0.25, 0.3) is 0 Å². The van der Waals surface area contributed by atoms with Crippen molar-refractivity contribution < 1.29 is 4.42 Å². The average molecular weight is 433 g/mol. The molecule has 3 nitrogen and oxygen atoms in total. The van der Waals surface area contributed by atoms with Crippen LogP contribution < -0.4 is 5.32 Å². The second-order valence-corrected chi connectivity index (χ2v) is 7.48. The van der Waals surface area contributed by atoms with Gasteiger partial charge in [0.05, 0.1) is 11.3 Å². The highest BCUT2D eigenvalue weighted by Crippen LogP contribution is 2.27. The maximum absolute atomic E-state index is 5.68. The summed E-state index contributed by atoms with van der Waals surface area (Å²) in [5, 5.41) is 3.54. The number of hydrogen-bond acceptors (Lipinski definition) is 3. The van der Waals surface area contributed by atoms with Crippen molar-refractivity contribution in [2.24, 2.45) is 0 Å². The lowest BCUT2D eigenvalue weighted by Crippen LogP contribution is -2.22. The monoisotopic (exact) mass is 432 g/mol. The van der Waals surface area contributed by atoms with Crippen molar-refractivity contribution in [1.29, 1.82) is 0 Å². The van der Waals surface area contributed by atoms with Gasteiger partial charge in [0, 0.05) is 23.5 Å². The van der Waals surface area contributed by atoms with Crippen LogP contribution in [0.5, 0.6) is 0 Å². The SMILES string of the molecule is Brc1ccccc1-c1nc(CNCC(c2ccccc2)c2ccccc2)co1. The minimum atomic E-state index is 0.289. The topological polar surface area (TPSA) is 38.1 Å². The molecule has 4 aromatic rings. The molecule has 0 bridgehead atoms. The van der Waals surface area contributed by atoms with E-state index in [-0.39, 0.29) is 5.92 Å². The summed E-state index contributed by atoms with van der Waals surface area (Å²) in [6.45, 7) is 1.48. The molecule has 1 heterocycles. The zero-order valence-electron chi connectivity index (χ0n) is 15.4. The van der Waals surface area contributed by atoms with E-state index in [0.717, 1.165) is 22.3 Å². The van der Waals surface area contributed by atoms with E-state index < -0.39 is 0 Å². The van der Waals surface area contributed by atoms with Crippen molar-refractivity contribution in [2.75, 3.05) is 6.54 Å². The molecule has 0 aliphatic carbocycles. The minimum Gasteiger partial charge on any atom is -0.444 e. The van der Waals surface area contributed by atoms with Gasteiger partial charge in [0.2, 0.25) is 5.89 Å². The van der Waals surface area contributed by atoms with Crippen molar-refractivity contribution >= 4 is 15.9 Å². The van der Waals surface area contributed by atoms with E-state index in [4.69, 9.17) is 4.42 Å². The van der Waals surface area contributed by atoms with Crippen molar-refractivity contribution in [2.45, 2.75) is 12.5 Å². The number of halogens is 1. The highest BCUT2D eigenvalue weighted by molar-refractivity contribution is 9.10. The normalized spacial score (nSPS) is 11.1. The second kappa shape index (κ2) is 9.00. The van der Waals surface area contributed by atoms with Crippen LogP contribution in [0, 0.1) is 0 Å². The van der Waals surface area contributed by atoms with Gasteiger partial charge < -0.3 is 9.73 Å². The number of nitrogens with zero attached hydrogens (tertiary/aromatic N) is 1. The summed E-state index contributed by atoms with van der Waals surface area (Å²) in [5.41, 5.74) is 4.45. The fraction of sp³-hybridized carbons (Fsp3) is 0.125. The fourth-order valence-electron chi connectivity index (χ4n) is 3.29. The zero-order chi connectivity index (χ0) is 19.2. The molecule has 0 saturated carbocycles. The lowest BCUT2D eigenvalue weighted by Gasteiger charge is -2.18. The van der Waals surface area contributed by atoms with Gasteiger partial charge in [0.15, 0.2) is 0 Å². The van der Waals surface area contributed by atoms with Crippen molar-refractivity contribution in [3.8, 4) is 11.5 Å². The zero-order valence-corrected chi connectivity index (χ0v) is 17.0. The van der Waals surface area contributed by atoms with Gasteiger partial charge in [0.1, 0.15) is 6.26 Å². The molecule has 0 fully saturated rings. The summed E-state index contributed by atoms with van der Waals surface area (Å²) < 4.78 is 6.65. The summed E-state index contributed by atoms with van der Waals surface area (Å²) in [6.07, 6.45) is 1.72. The van der Waals surface area contributed by atoms with Crippen LogP contribution in [0.1, 0.15) is 22.7 Å². The Balaban J connectivity index is 1.45. The summed E-state index contributed by atoms with van der Waals surface area (Å²) in [7, 11) is 0. The maximum Gasteiger partial charge on any atom is 0.227 e. The Kier molecular flexibility index (Phi) is 6.00. The molecule has 4 rings (SSSR count). The minimum absolute atomic E-state index is 0.289. The summed E-state index contributed by atoms with van der Waals surface area (Å²) >= 11 is 3.55. The highest BCUT2D eigenvalue weighted by atomic mass is 79.9. The molecule has 1 N–H and O–H groups in total. The number of oxazole rings is 1. The van der Waals surface area contributed by atoms with Gasteiger partial charge in [-0.3, -0.25) is 0 Å². The third-order valence-electron chi connectivity index (χ3n) is 4.71. The molecule has 0 amide bonds. The number of nitrogens with one attached hydrogen (secondary N) is 1. The number of aromatic nitrogens is 1. The van der Waals surface area contributed by atoms with Crippen LogP contribution >= 0.6 is 15.9 Å². The molecule has 4 heteroatoms. The standard InChI is InChI=1S/C24H21BrN2O/c25-23-14-8-7-13-21(23)24-27-20(17-28-24)15-26-16-22(18-9-3-1-4-10-18)19-11-5-2-6-12-19/h1-14,17,22,26H,15-16H2. The first-order valence-corrected chi connectivity index (χ1v) is 10.1. The summed E-state index contributed by atoms with van der Waals surface area (Å²) in [5.74, 6) is 0.920. The number of benzene rings is 3. The van der Waals surface area contributed by atoms with Gasteiger partial charge in [-0.1, -0.05) is 72.8 Å². The van der Waals surface area contributed by atoms with Crippen LogP contribution in [0.15, 0.2) is 100 Å². The second-order valence-electron chi connectivity index (χ2n) is 6.63. The molecule has 0 aliphatic rings. The Morgan fingerprint density at radius 1 is 0.821 bits per heavy atom. The third-order valence-corrected chi connectivity index (χ3v) is 5.41. The third kappa shape index (κ3) is 4.41. The molecule has 28 heavy (non-hydrogen) atoms. The Labute approximate surface area is 173 Å². The Morgan fingerprint density at radius 3 is 2.07 bits per heavy atom. The van der Waals surface area contributed by atoms with Crippen LogP contribution in [0.4, 0.5) is 0 Å². The highest BCUT2D eigenvalue weighted by Gasteiger charge is 2.14. The van der Waals surface area contributed by atoms with E-state index in [0.29, 0.717) is 12.4 Å². The average Bonchev–Trinajstić information content (AvgIpc) is 3.21. The van der Waals surface area contributed by atoms with Crippen molar-refractivity contribution in [3.63, 3.8) is 0 Å². The van der Waals surface area contributed by atoms with Gasteiger partial charge >= 0.3 is 0 Å². The van der Waals surface area contributed by atoms with Crippen LogP contribution in [0.25, 0.3) is 11.5 Å². The molecule has 140 valence electrons. The summed E-state index contributed by atoms with van der Waals surface area (Å²) in [4.78, 5) is 4.62. The maximum atomic E-state index is 5.68. The van der Waals surface area contributed by atoms with Gasteiger partial charge in [-0.15, -0.1) is 0 Å². The van der Waals surface area contributed by atoms with E-state index in [1.54, 1.807) is 6.26 Å². The molecule has 0 saturated heterocycles. The van der Waals surface area contributed by atoms with E-state index in [2.05, 4.69) is 86.9 Å². The quantitative estimate of drug-likeness (QED) is 0.387. The smallest absolute Gasteiger partial charge is 0.227 e. The molecular formula is C24H21BrN2O. The fourth-order valence-corrected chi connectivity index (χ4v) is 3.74. The van der Waals surface area contributed by atoms with Gasteiger partial charge in [-0.05, 0) is 39.2 Å². The molecule has 0 unspecified atom stereocenters. The van der Waals surface area contributed by atoms with Gasteiger partial charge in [-0.2, -0.15) is 0 Å². The molecule has 1 aromatic heterocycles. The first kappa shape index (κ1) is 18.7. The van der Waals surface area contributed by atoms with Crippen LogP contribution in [-0.2, 0) is 6.54 Å². The summed E-state index contributed by atoms with van der Waals surface area (Å²) in [6, 6.07) is 29.1. The van der Waals surface area contributed by atoms with E-state index in [1.807, 2.05) is 24.3 Å². The molecule has 0 aliphatic heterocycles. The van der Waals surface area contributed by atoms with E-state index >= 15 is 0 Å². The largest absolute Gasteiger partial charge is 0.444 e. The Bertz CT molecular complexity index is 975. The van der Waals surface area contributed by atoms with Crippen LogP contribution in [-0.4, -0.2) is 11.5 Å². The van der Waals surface area contributed by atoms with Crippen LogP contribution in [0.3, 0.4) is 0 Å². The lowest BCUT2D eigenvalue weighted by atomic mass is 9.91. The molecular weight excluding hydrogens is 412 g/mol. The Morgan fingerprint density at radius 2 is 1.43 bits per heavy atom. The molecule has 3 aromatic carbocycles. The van der Waals surface area contributed by atoms with Gasteiger partial charge in [-0.25, -0.2) is 4.98 Å². The number of hydrogen-bond donors (Lipinski definition) is 1. The first-order valence-electron chi connectivity index (χ1n) is 9.31. The van der Waals surface area contributed by atoms with Crippen molar-refractivity contribution in [1.82, 2.24) is 10.3 Å². The van der Waals surface area contributed by atoms with E-state index in [9.17, 15) is 0 Å². The lowest BCUT2D eigenvalue weighted by molar-refractivity contribution is 0.568. The Hall–Kier alpha value is -2.69. The number of rotatable bonds is 7. The molecule has 0 radical (unpaired) electrons. The predicted molar refractivity (Wildman–Crippen MR) is 116 cm³/mol.